The van der Waals surface area contributed by atoms with Gasteiger partial charge in [-0.2, -0.15) is 0 Å². The SMILES string of the molecule is c1ccc(-c2ccc3cnc(-n4c5ccccc5c5c6oc7ccc8ccccc8c7c6ccc54)nc3c2)cc1. The van der Waals surface area contributed by atoms with Gasteiger partial charge in [-0.15, -0.1) is 0 Å². The molecule has 0 radical (unpaired) electrons. The minimum Gasteiger partial charge on any atom is -0.455 e. The molecule has 0 aliphatic rings. The van der Waals surface area contributed by atoms with E-state index in [-0.39, 0.29) is 0 Å². The molecule has 9 aromatic rings. The van der Waals surface area contributed by atoms with Crippen LogP contribution < -0.4 is 0 Å². The van der Waals surface area contributed by atoms with E-state index in [1.165, 1.54) is 16.3 Å². The third-order valence-corrected chi connectivity index (χ3v) is 8.04. The normalized spacial score (nSPS) is 12.0. The lowest BCUT2D eigenvalue weighted by Crippen LogP contribution is -2.01. The summed E-state index contributed by atoms with van der Waals surface area (Å²) in [5, 5.41) is 7.89. The first-order valence-electron chi connectivity index (χ1n) is 13.4. The van der Waals surface area contributed by atoms with Crippen molar-refractivity contribution >= 4 is 65.4 Å². The van der Waals surface area contributed by atoms with Crippen molar-refractivity contribution in [3.05, 3.63) is 128 Å². The second kappa shape index (κ2) is 8.01. The minimum absolute atomic E-state index is 0.643. The maximum atomic E-state index is 6.61. The highest BCUT2D eigenvalue weighted by atomic mass is 16.3. The van der Waals surface area contributed by atoms with Gasteiger partial charge >= 0.3 is 0 Å². The summed E-state index contributed by atoms with van der Waals surface area (Å²) in [7, 11) is 0. The molecular formula is C36H21N3O. The highest BCUT2D eigenvalue weighted by Crippen LogP contribution is 2.42. The Labute approximate surface area is 228 Å². The summed E-state index contributed by atoms with van der Waals surface area (Å²) >= 11 is 0. The summed E-state index contributed by atoms with van der Waals surface area (Å²) in [5.41, 5.74) is 7.08. The lowest BCUT2D eigenvalue weighted by atomic mass is 10.0. The highest BCUT2D eigenvalue weighted by Gasteiger charge is 2.20. The van der Waals surface area contributed by atoms with E-state index in [4.69, 9.17) is 14.4 Å². The highest BCUT2D eigenvalue weighted by molar-refractivity contribution is 6.27. The smallest absolute Gasteiger partial charge is 0.235 e. The van der Waals surface area contributed by atoms with Crippen LogP contribution in [-0.2, 0) is 0 Å². The first kappa shape index (κ1) is 21.5. The zero-order valence-corrected chi connectivity index (χ0v) is 21.4. The predicted molar refractivity (Wildman–Crippen MR) is 164 cm³/mol. The molecule has 40 heavy (non-hydrogen) atoms. The Kier molecular flexibility index (Phi) is 4.30. The number of benzene rings is 6. The van der Waals surface area contributed by atoms with Crippen molar-refractivity contribution in [1.82, 2.24) is 14.5 Å². The first-order chi connectivity index (χ1) is 19.8. The molecule has 0 N–H and O–H groups in total. The van der Waals surface area contributed by atoms with E-state index in [0.29, 0.717) is 5.95 Å². The maximum absolute atomic E-state index is 6.61. The molecule has 0 saturated heterocycles. The number of rotatable bonds is 2. The fourth-order valence-corrected chi connectivity index (χ4v) is 6.20. The van der Waals surface area contributed by atoms with Crippen molar-refractivity contribution in [2.75, 3.05) is 0 Å². The van der Waals surface area contributed by atoms with Crippen molar-refractivity contribution in [3.63, 3.8) is 0 Å². The third kappa shape index (κ3) is 2.96. The van der Waals surface area contributed by atoms with Crippen molar-refractivity contribution in [3.8, 4) is 17.1 Å². The van der Waals surface area contributed by atoms with Crippen molar-refractivity contribution in [1.29, 1.82) is 0 Å². The Hall–Kier alpha value is -5.48. The standard InChI is InChI=1S/C36H21N3O/c1-2-8-22(9-3-1)24-14-15-25-21-37-36(38-29(25)20-24)39-30-13-7-6-12-27(30)34-31(39)18-17-28-33-26-11-5-4-10-23(26)16-19-32(33)40-35(28)34/h1-21H. The van der Waals surface area contributed by atoms with Crippen molar-refractivity contribution in [2.45, 2.75) is 0 Å². The van der Waals surface area contributed by atoms with Gasteiger partial charge in [0.1, 0.15) is 11.2 Å². The van der Waals surface area contributed by atoms with Crippen LogP contribution in [0.3, 0.4) is 0 Å². The lowest BCUT2D eigenvalue weighted by molar-refractivity contribution is 0.673. The number of aromatic nitrogens is 3. The van der Waals surface area contributed by atoms with Crippen molar-refractivity contribution < 1.29 is 4.42 Å². The number of hydrogen-bond acceptors (Lipinski definition) is 3. The fourth-order valence-electron chi connectivity index (χ4n) is 6.20. The van der Waals surface area contributed by atoms with E-state index < -0.39 is 0 Å². The lowest BCUT2D eigenvalue weighted by Gasteiger charge is -2.08. The van der Waals surface area contributed by atoms with Gasteiger partial charge in [-0.1, -0.05) is 91.0 Å². The van der Waals surface area contributed by atoms with Crippen LogP contribution in [0.25, 0.3) is 82.5 Å². The predicted octanol–water partition coefficient (Wildman–Crippen LogP) is 9.45. The zero-order chi connectivity index (χ0) is 26.2. The van der Waals surface area contributed by atoms with Gasteiger partial charge in [0.2, 0.25) is 5.95 Å². The molecule has 0 amide bonds. The van der Waals surface area contributed by atoms with Crippen molar-refractivity contribution in [2.24, 2.45) is 0 Å². The van der Waals surface area contributed by atoms with Crippen LogP contribution in [0.4, 0.5) is 0 Å². The molecule has 6 aromatic carbocycles. The van der Waals surface area contributed by atoms with E-state index >= 15 is 0 Å². The number of furan rings is 1. The second-order valence-electron chi connectivity index (χ2n) is 10.3. The number of fused-ring (bicyclic) bond motifs is 10. The Morgan fingerprint density at radius 1 is 0.550 bits per heavy atom. The molecule has 0 atom stereocenters. The first-order valence-corrected chi connectivity index (χ1v) is 13.4. The summed E-state index contributed by atoms with van der Waals surface area (Å²) < 4.78 is 8.77. The van der Waals surface area contributed by atoms with Crippen LogP contribution in [0.5, 0.6) is 0 Å². The summed E-state index contributed by atoms with van der Waals surface area (Å²) in [6, 6.07) is 42.3. The van der Waals surface area contributed by atoms with Crippen LogP contribution >= 0.6 is 0 Å². The molecule has 0 unspecified atom stereocenters. The summed E-state index contributed by atoms with van der Waals surface area (Å²) in [5.74, 6) is 0.643. The van der Waals surface area contributed by atoms with E-state index in [9.17, 15) is 0 Å². The molecule has 4 heteroatoms. The van der Waals surface area contributed by atoms with E-state index in [1.807, 2.05) is 12.3 Å². The molecule has 186 valence electrons. The Bertz CT molecular complexity index is 2430. The summed E-state index contributed by atoms with van der Waals surface area (Å²) in [4.78, 5) is 9.93. The van der Waals surface area contributed by atoms with Gasteiger partial charge in [-0.25, -0.2) is 9.97 Å². The van der Waals surface area contributed by atoms with Gasteiger partial charge in [-0.3, -0.25) is 4.57 Å². The minimum atomic E-state index is 0.643. The molecular weight excluding hydrogens is 490 g/mol. The summed E-state index contributed by atoms with van der Waals surface area (Å²) in [6.45, 7) is 0. The Morgan fingerprint density at radius 3 is 2.27 bits per heavy atom. The van der Waals surface area contributed by atoms with E-state index in [0.717, 1.165) is 60.2 Å². The third-order valence-electron chi connectivity index (χ3n) is 8.04. The molecule has 0 saturated carbocycles. The van der Waals surface area contributed by atoms with Gasteiger partial charge in [-0.05, 0) is 52.2 Å². The van der Waals surface area contributed by atoms with Crippen LogP contribution in [0.1, 0.15) is 0 Å². The topological polar surface area (TPSA) is 43.9 Å². The number of nitrogens with zero attached hydrogens (tertiary/aromatic N) is 3. The van der Waals surface area contributed by atoms with Gasteiger partial charge in [0.05, 0.1) is 21.9 Å². The van der Waals surface area contributed by atoms with Gasteiger partial charge in [0, 0.05) is 27.7 Å². The molecule has 0 aliphatic carbocycles. The van der Waals surface area contributed by atoms with Gasteiger partial charge in [0.25, 0.3) is 0 Å². The van der Waals surface area contributed by atoms with E-state index in [2.05, 4.69) is 120 Å². The molecule has 0 bridgehead atoms. The fraction of sp³-hybridized carbons (Fsp3) is 0. The molecule has 3 heterocycles. The van der Waals surface area contributed by atoms with Crippen LogP contribution in [-0.4, -0.2) is 14.5 Å². The largest absolute Gasteiger partial charge is 0.455 e. The Morgan fingerprint density at radius 2 is 1.35 bits per heavy atom. The van der Waals surface area contributed by atoms with E-state index in [1.54, 1.807) is 0 Å². The molecule has 3 aromatic heterocycles. The second-order valence-corrected chi connectivity index (χ2v) is 10.3. The molecule has 0 fully saturated rings. The van der Waals surface area contributed by atoms with Gasteiger partial charge < -0.3 is 4.42 Å². The van der Waals surface area contributed by atoms with Gasteiger partial charge in [0.15, 0.2) is 0 Å². The number of hydrogen-bond donors (Lipinski definition) is 0. The Balaban J connectivity index is 1.35. The van der Waals surface area contributed by atoms with Crippen LogP contribution in [0.2, 0.25) is 0 Å². The zero-order valence-electron chi connectivity index (χ0n) is 21.4. The molecule has 9 rings (SSSR count). The quantitative estimate of drug-likeness (QED) is 0.232. The molecule has 0 spiro atoms. The molecule has 4 nitrogen and oxygen atoms in total. The average Bonchev–Trinajstić information content (AvgIpc) is 3.57. The maximum Gasteiger partial charge on any atom is 0.235 e. The average molecular weight is 512 g/mol. The van der Waals surface area contributed by atoms with Crippen LogP contribution in [0.15, 0.2) is 132 Å². The number of para-hydroxylation sites is 1. The molecule has 0 aliphatic heterocycles. The van der Waals surface area contributed by atoms with Crippen LogP contribution in [0, 0.1) is 0 Å². The monoisotopic (exact) mass is 511 g/mol. The summed E-state index contributed by atoms with van der Waals surface area (Å²) in [6.07, 6.45) is 1.92.